The van der Waals surface area contributed by atoms with Crippen LogP contribution >= 0.6 is 0 Å². The first-order valence-corrected chi connectivity index (χ1v) is 20.7. The fourth-order valence-corrected chi connectivity index (χ4v) is 7.48. The summed E-state index contributed by atoms with van der Waals surface area (Å²) >= 11 is 0. The Morgan fingerprint density at radius 2 is 1.18 bits per heavy atom. The number of nitrogens with one attached hydrogen (secondary N) is 2. The van der Waals surface area contributed by atoms with E-state index in [9.17, 15) is 29.1 Å². The van der Waals surface area contributed by atoms with Crippen LogP contribution in [0.3, 0.4) is 0 Å². The Morgan fingerprint density at radius 3 is 1.82 bits per heavy atom. The van der Waals surface area contributed by atoms with Gasteiger partial charge in [-0.25, -0.2) is 4.79 Å². The normalized spacial score (nSPS) is 13.7. The van der Waals surface area contributed by atoms with Gasteiger partial charge in [-0.05, 0) is 84.3 Å². The first-order chi connectivity index (χ1) is 28.9. The zero-order chi connectivity index (χ0) is 43.0. The van der Waals surface area contributed by atoms with Crippen LogP contribution in [0.4, 0.5) is 0 Å². The highest BCUT2D eigenvalue weighted by Gasteiger charge is 2.33. The van der Waals surface area contributed by atoms with Crippen molar-refractivity contribution in [3.8, 4) is 5.75 Å². The summed E-state index contributed by atoms with van der Waals surface area (Å²) in [6.07, 6.45) is 1.72. The lowest BCUT2D eigenvalue weighted by molar-refractivity contribution is -0.142. The molecule has 60 heavy (non-hydrogen) atoms. The van der Waals surface area contributed by atoms with E-state index in [0.717, 1.165) is 44.3 Å². The molecule has 0 saturated heterocycles. The maximum Gasteiger partial charge on any atom is 0.326 e. The summed E-state index contributed by atoms with van der Waals surface area (Å²) in [5.41, 5.74) is 10.1. The zero-order valence-electron chi connectivity index (χ0n) is 34.8. The summed E-state index contributed by atoms with van der Waals surface area (Å²) in [6, 6.07) is 35.6. The number of unbranched alkanes of at least 4 members (excludes halogenated alkanes) is 1. The molecule has 0 aliphatic carbocycles. The van der Waals surface area contributed by atoms with E-state index in [4.69, 9.17) is 10.5 Å². The summed E-state index contributed by atoms with van der Waals surface area (Å²) in [7, 11) is 1.62. The molecule has 5 rings (SSSR count). The number of amides is 2. The number of carbonyl (C=O) groups excluding carboxylic acids is 4. The van der Waals surface area contributed by atoms with Crippen LogP contribution in [-0.4, -0.2) is 60.2 Å². The van der Waals surface area contributed by atoms with Crippen molar-refractivity contribution in [1.82, 2.24) is 10.6 Å². The molecule has 314 valence electrons. The minimum atomic E-state index is -1.20. The van der Waals surface area contributed by atoms with E-state index in [-0.39, 0.29) is 43.7 Å². The Labute approximate surface area is 352 Å². The number of ether oxygens (including phenoxy) is 1. The fraction of sp³-hybridized carbons (Fsp3) is 0.340. The van der Waals surface area contributed by atoms with Gasteiger partial charge in [-0.2, -0.15) is 0 Å². The van der Waals surface area contributed by atoms with Crippen molar-refractivity contribution in [2.45, 2.75) is 83.2 Å². The minimum Gasteiger partial charge on any atom is -0.497 e. The SMILES string of the molecule is COc1ccc2cc([C@H](C)C(=O)C[C@H](Cc3ccccc3)C(=O)N[C@H](Cc3ccccc3)C(=O)C[C@H](CCCCN)C(=O)N[C@H](Cc3ccc(C)cc3)C(=O)O)ccc2c1. The second kappa shape index (κ2) is 22.3. The molecule has 0 heterocycles. The van der Waals surface area contributed by atoms with Crippen molar-refractivity contribution in [2.75, 3.05) is 13.7 Å². The van der Waals surface area contributed by atoms with Crippen LogP contribution in [0.2, 0.25) is 0 Å². The molecule has 0 spiro atoms. The number of ketones is 2. The minimum absolute atomic E-state index is 0.0591. The molecule has 0 aromatic heterocycles. The first kappa shape index (κ1) is 45.0. The van der Waals surface area contributed by atoms with Gasteiger partial charge in [-0.15, -0.1) is 0 Å². The maximum absolute atomic E-state index is 14.4. The quantitative estimate of drug-likeness (QED) is 0.0499. The van der Waals surface area contributed by atoms with Crippen LogP contribution in [0.5, 0.6) is 5.75 Å². The summed E-state index contributed by atoms with van der Waals surface area (Å²) < 4.78 is 5.37. The largest absolute Gasteiger partial charge is 0.497 e. The van der Waals surface area contributed by atoms with Crippen molar-refractivity contribution < 1.29 is 33.8 Å². The number of aryl methyl sites for hydroxylation is 1. The predicted molar refractivity (Wildman–Crippen MR) is 235 cm³/mol. The van der Waals surface area contributed by atoms with Gasteiger partial charge in [0.1, 0.15) is 17.6 Å². The van der Waals surface area contributed by atoms with E-state index in [1.165, 1.54) is 0 Å². The molecule has 0 radical (unpaired) electrons. The van der Waals surface area contributed by atoms with Crippen LogP contribution in [0, 0.1) is 18.8 Å². The van der Waals surface area contributed by atoms with Gasteiger partial charge in [0, 0.05) is 37.0 Å². The molecule has 5 aromatic rings. The van der Waals surface area contributed by atoms with Crippen molar-refractivity contribution in [3.05, 3.63) is 149 Å². The second-order valence-corrected chi connectivity index (χ2v) is 15.7. The molecule has 5 atom stereocenters. The number of carbonyl (C=O) groups is 5. The topological polar surface area (TPSA) is 165 Å². The van der Waals surface area contributed by atoms with E-state index in [2.05, 4.69) is 10.6 Å². The summed E-state index contributed by atoms with van der Waals surface area (Å²) in [5.74, 6) is -4.05. The highest BCUT2D eigenvalue weighted by atomic mass is 16.5. The van der Waals surface area contributed by atoms with Crippen molar-refractivity contribution in [3.63, 3.8) is 0 Å². The van der Waals surface area contributed by atoms with Gasteiger partial charge in [-0.3, -0.25) is 19.2 Å². The lowest BCUT2D eigenvalue weighted by Gasteiger charge is -2.25. The first-order valence-electron chi connectivity index (χ1n) is 20.7. The van der Waals surface area contributed by atoms with E-state index in [1.807, 2.05) is 135 Å². The molecule has 0 bridgehead atoms. The van der Waals surface area contributed by atoms with Crippen LogP contribution < -0.4 is 21.1 Å². The molecule has 10 nitrogen and oxygen atoms in total. The van der Waals surface area contributed by atoms with Gasteiger partial charge in [0.2, 0.25) is 11.8 Å². The van der Waals surface area contributed by atoms with Gasteiger partial charge < -0.3 is 26.2 Å². The second-order valence-electron chi connectivity index (χ2n) is 15.7. The fourth-order valence-electron chi connectivity index (χ4n) is 7.48. The van der Waals surface area contributed by atoms with E-state index in [1.54, 1.807) is 7.11 Å². The third kappa shape index (κ3) is 13.2. The number of hydrogen-bond acceptors (Lipinski definition) is 7. The summed E-state index contributed by atoms with van der Waals surface area (Å²) in [4.78, 5) is 69.1. The molecule has 10 heteroatoms. The number of benzene rings is 5. The van der Waals surface area contributed by atoms with Gasteiger partial charge >= 0.3 is 5.97 Å². The van der Waals surface area contributed by atoms with Crippen LogP contribution in [0.25, 0.3) is 10.8 Å². The van der Waals surface area contributed by atoms with E-state index < -0.39 is 47.6 Å². The summed E-state index contributed by atoms with van der Waals surface area (Å²) in [6.45, 7) is 4.18. The lowest BCUT2D eigenvalue weighted by atomic mass is 9.86. The molecular weight excluding hydrogens is 755 g/mol. The maximum atomic E-state index is 14.4. The number of carboxylic acids is 1. The predicted octanol–water partition coefficient (Wildman–Crippen LogP) is 7.32. The number of methoxy groups -OCH3 is 1. The van der Waals surface area contributed by atoms with Gasteiger partial charge in [0.15, 0.2) is 5.78 Å². The Bertz CT molecular complexity index is 2210. The number of hydrogen-bond donors (Lipinski definition) is 4. The Hall–Kier alpha value is -6.13. The van der Waals surface area contributed by atoms with Gasteiger partial charge in [-0.1, -0.05) is 128 Å². The Morgan fingerprint density at radius 1 is 0.633 bits per heavy atom. The molecule has 0 unspecified atom stereocenters. The molecular formula is C50H57N3O7. The van der Waals surface area contributed by atoms with Crippen molar-refractivity contribution >= 4 is 40.1 Å². The number of aliphatic carboxylic acids is 1. The van der Waals surface area contributed by atoms with Gasteiger partial charge in [0.05, 0.1) is 13.2 Å². The molecule has 0 saturated carbocycles. The number of nitrogens with two attached hydrogens (primary N) is 1. The third-order valence-electron chi connectivity index (χ3n) is 11.2. The van der Waals surface area contributed by atoms with E-state index in [0.29, 0.717) is 25.8 Å². The van der Waals surface area contributed by atoms with Gasteiger partial charge in [0.25, 0.3) is 0 Å². The lowest BCUT2D eigenvalue weighted by Crippen LogP contribution is -2.48. The molecule has 5 N–H and O–H groups in total. The van der Waals surface area contributed by atoms with Crippen molar-refractivity contribution in [2.24, 2.45) is 17.6 Å². The molecule has 0 fully saturated rings. The molecule has 2 amide bonds. The highest BCUT2D eigenvalue weighted by Crippen LogP contribution is 2.28. The third-order valence-corrected chi connectivity index (χ3v) is 11.2. The average molecular weight is 812 g/mol. The standard InChI is InChI=1S/C50H57N3O7/c1-33-17-19-37(20-18-33)28-45(50(58)59)53-48(56)41(16-10-11-25-51)31-47(55)44(27-36-14-8-5-9-15-36)52-49(57)42(26-35-12-6-4-7-13-35)32-46(54)34(2)38-21-22-40-30-43(60-3)24-23-39(40)29-38/h4-9,12-15,17-24,29-30,34,41-42,44-45H,10-11,16,25-28,31-32,51H2,1-3H3,(H,52,57)(H,53,56)(H,58,59)/t34-,41-,42-,44+,45+/m0/s1. The van der Waals surface area contributed by atoms with Crippen LogP contribution in [0.1, 0.15) is 72.8 Å². The van der Waals surface area contributed by atoms with E-state index >= 15 is 0 Å². The Kier molecular flexibility index (Phi) is 16.7. The monoisotopic (exact) mass is 811 g/mol. The molecule has 5 aromatic carbocycles. The molecule has 0 aliphatic rings. The number of rotatable bonds is 23. The number of Topliss-reactive ketones (excluding diaryl/α,β-unsaturated/α-hetero) is 2. The highest BCUT2D eigenvalue weighted by molar-refractivity contribution is 5.96. The number of carboxylic acid groups (broad SMARTS) is 1. The Balaban J connectivity index is 1.37. The zero-order valence-corrected chi connectivity index (χ0v) is 34.8. The molecule has 0 aliphatic heterocycles. The van der Waals surface area contributed by atoms with Crippen LogP contribution in [-0.2, 0) is 43.2 Å². The smallest absolute Gasteiger partial charge is 0.326 e. The number of fused-ring (bicyclic) bond motifs is 1. The van der Waals surface area contributed by atoms with Crippen LogP contribution in [0.15, 0.2) is 121 Å². The summed E-state index contributed by atoms with van der Waals surface area (Å²) in [5, 5.41) is 17.7. The average Bonchev–Trinajstić information content (AvgIpc) is 3.25. The van der Waals surface area contributed by atoms with Crippen molar-refractivity contribution in [1.29, 1.82) is 0 Å².